The molecule has 0 aliphatic carbocycles. The molecule has 0 amide bonds. The zero-order valence-corrected chi connectivity index (χ0v) is 14.9. The fourth-order valence-corrected chi connectivity index (χ4v) is 2.48. The van der Waals surface area contributed by atoms with Crippen LogP contribution in [0.2, 0.25) is 0 Å². The predicted molar refractivity (Wildman–Crippen MR) is 90.3 cm³/mol. The van der Waals surface area contributed by atoms with Crippen molar-refractivity contribution in [2.24, 2.45) is 0 Å². The van der Waals surface area contributed by atoms with Gasteiger partial charge in [0.25, 0.3) is 0 Å². The molecule has 0 N–H and O–H groups in total. The monoisotopic (exact) mass is 347 g/mol. The topological polar surface area (TPSA) is 83.8 Å². The van der Waals surface area contributed by atoms with Crippen LogP contribution >= 0.6 is 0 Å². The average molecular weight is 347 g/mol. The van der Waals surface area contributed by atoms with E-state index in [4.69, 9.17) is 14.2 Å². The summed E-state index contributed by atoms with van der Waals surface area (Å²) in [6.45, 7) is 5.26. The summed E-state index contributed by atoms with van der Waals surface area (Å²) in [4.78, 5) is 36.7. The number of hydrogen-bond acceptors (Lipinski definition) is 6. The molecule has 0 bridgehead atoms. The van der Waals surface area contributed by atoms with E-state index >= 15 is 0 Å². The molecular weight excluding hydrogens is 326 g/mol. The van der Waals surface area contributed by atoms with Crippen molar-refractivity contribution in [1.29, 1.82) is 0 Å². The molecule has 7 heteroatoms. The summed E-state index contributed by atoms with van der Waals surface area (Å²) in [6, 6.07) is 6.91. The highest BCUT2D eigenvalue weighted by Gasteiger charge is 2.34. The molecule has 25 heavy (non-hydrogen) atoms. The van der Waals surface area contributed by atoms with Crippen molar-refractivity contribution >= 4 is 28.9 Å². The third-order valence-corrected chi connectivity index (χ3v) is 3.52. The maximum atomic E-state index is 12.5. The van der Waals surface area contributed by atoms with Crippen LogP contribution in [0, 0.1) is 0 Å². The average Bonchev–Trinajstić information content (AvgIpc) is 2.93. The van der Waals surface area contributed by atoms with Crippen molar-refractivity contribution in [3.63, 3.8) is 0 Å². The molecule has 134 valence electrons. The lowest BCUT2D eigenvalue weighted by Gasteiger charge is -2.19. The van der Waals surface area contributed by atoms with E-state index in [9.17, 15) is 14.4 Å². The van der Waals surface area contributed by atoms with Crippen LogP contribution in [0.4, 0.5) is 4.79 Å². The van der Waals surface area contributed by atoms with Gasteiger partial charge in [-0.3, -0.25) is 14.2 Å². The largest absolute Gasteiger partial charge is 0.468 e. The van der Waals surface area contributed by atoms with Crippen molar-refractivity contribution in [1.82, 2.24) is 4.57 Å². The van der Waals surface area contributed by atoms with Crippen molar-refractivity contribution < 1.29 is 28.6 Å². The van der Waals surface area contributed by atoms with Gasteiger partial charge in [0.1, 0.15) is 5.60 Å². The van der Waals surface area contributed by atoms with Crippen molar-refractivity contribution in [2.75, 3.05) is 14.2 Å². The Balaban J connectivity index is 2.63. The smallest absolute Gasteiger partial charge is 0.419 e. The number of nitrogens with zero attached hydrogens (tertiary/aromatic N) is 1. The number of hydrogen-bond donors (Lipinski definition) is 0. The Labute approximate surface area is 145 Å². The number of esters is 2. The molecule has 0 spiro atoms. The van der Waals surface area contributed by atoms with Crippen LogP contribution in [0.1, 0.15) is 32.3 Å². The van der Waals surface area contributed by atoms with Gasteiger partial charge in [0.15, 0.2) is 5.92 Å². The SMILES string of the molecule is COC(=O)C(C(=O)OC)c1cn(C(=O)OC(C)(C)C)c2ccccc12. The number of para-hydroxylation sites is 1. The first kappa shape index (κ1) is 18.5. The predicted octanol–water partition coefficient (Wildman–Crippen LogP) is 2.85. The molecule has 2 rings (SSSR count). The van der Waals surface area contributed by atoms with Gasteiger partial charge in [0.2, 0.25) is 0 Å². The maximum absolute atomic E-state index is 12.5. The lowest BCUT2D eigenvalue weighted by Crippen LogP contribution is -2.27. The first-order chi connectivity index (χ1) is 11.7. The standard InChI is InChI=1S/C18H21NO6/c1-18(2,3)25-17(22)19-10-12(11-8-6-7-9-13(11)19)14(15(20)23-4)16(21)24-5/h6-10,14H,1-5H3. The van der Waals surface area contributed by atoms with Gasteiger partial charge in [-0.15, -0.1) is 0 Å². The molecule has 1 aromatic carbocycles. The van der Waals surface area contributed by atoms with E-state index in [1.165, 1.54) is 25.0 Å². The quantitative estimate of drug-likeness (QED) is 0.482. The molecule has 0 saturated heterocycles. The summed E-state index contributed by atoms with van der Waals surface area (Å²) in [6.07, 6.45) is 0.806. The summed E-state index contributed by atoms with van der Waals surface area (Å²) in [7, 11) is 2.37. The van der Waals surface area contributed by atoms with E-state index < -0.39 is 29.6 Å². The number of ether oxygens (including phenoxy) is 3. The molecule has 1 aromatic heterocycles. The zero-order valence-electron chi connectivity index (χ0n) is 14.9. The van der Waals surface area contributed by atoms with E-state index in [0.29, 0.717) is 16.5 Å². The van der Waals surface area contributed by atoms with Crippen LogP contribution < -0.4 is 0 Å². The van der Waals surface area contributed by atoms with Gasteiger partial charge < -0.3 is 14.2 Å². The first-order valence-electron chi connectivity index (χ1n) is 7.68. The maximum Gasteiger partial charge on any atom is 0.419 e. The van der Waals surface area contributed by atoms with Crippen molar-refractivity contribution in [3.8, 4) is 0 Å². The Hall–Kier alpha value is -2.83. The number of benzene rings is 1. The van der Waals surface area contributed by atoms with Crippen LogP contribution in [-0.2, 0) is 23.8 Å². The molecule has 0 saturated carbocycles. The van der Waals surface area contributed by atoms with E-state index in [-0.39, 0.29) is 0 Å². The number of carbonyl (C=O) groups is 3. The highest BCUT2D eigenvalue weighted by atomic mass is 16.6. The Morgan fingerprint density at radius 1 is 1.00 bits per heavy atom. The number of methoxy groups -OCH3 is 2. The summed E-state index contributed by atoms with van der Waals surface area (Å²) < 4.78 is 16.1. The lowest BCUT2D eigenvalue weighted by atomic mass is 9.99. The van der Waals surface area contributed by atoms with E-state index in [2.05, 4.69) is 0 Å². The normalized spacial score (nSPS) is 11.4. The summed E-state index contributed by atoms with van der Waals surface area (Å²) in [5, 5.41) is 0.564. The van der Waals surface area contributed by atoms with Crippen LogP contribution in [0.3, 0.4) is 0 Å². The van der Waals surface area contributed by atoms with E-state index in [1.807, 2.05) is 0 Å². The molecule has 0 aliphatic rings. The van der Waals surface area contributed by atoms with Crippen molar-refractivity contribution in [2.45, 2.75) is 32.3 Å². The lowest BCUT2D eigenvalue weighted by molar-refractivity contribution is -0.154. The van der Waals surface area contributed by atoms with E-state index in [1.54, 1.807) is 45.0 Å². The van der Waals surface area contributed by atoms with Gasteiger partial charge in [-0.25, -0.2) is 4.79 Å². The molecule has 2 aromatic rings. The minimum Gasteiger partial charge on any atom is -0.468 e. The molecule has 1 heterocycles. The van der Waals surface area contributed by atoms with Gasteiger partial charge in [-0.1, -0.05) is 18.2 Å². The second-order valence-electron chi connectivity index (χ2n) is 6.43. The minimum atomic E-state index is -1.29. The highest BCUT2D eigenvalue weighted by molar-refractivity contribution is 6.05. The molecule has 0 unspecified atom stereocenters. The zero-order chi connectivity index (χ0) is 18.8. The number of aromatic nitrogens is 1. The van der Waals surface area contributed by atoms with Crippen LogP contribution in [0.15, 0.2) is 30.5 Å². The molecule has 0 aliphatic heterocycles. The fourth-order valence-electron chi connectivity index (χ4n) is 2.48. The number of fused-ring (bicyclic) bond motifs is 1. The number of rotatable bonds is 3. The number of carbonyl (C=O) groups excluding carboxylic acids is 3. The van der Waals surface area contributed by atoms with Crippen LogP contribution in [-0.4, -0.2) is 42.4 Å². The van der Waals surface area contributed by atoms with E-state index in [0.717, 1.165) is 0 Å². The molecular formula is C18H21NO6. The van der Waals surface area contributed by atoms with Gasteiger partial charge in [-0.05, 0) is 26.8 Å². The summed E-state index contributed by atoms with van der Waals surface area (Å²) >= 11 is 0. The molecule has 0 fully saturated rings. The molecule has 0 radical (unpaired) electrons. The fraction of sp³-hybridized carbons (Fsp3) is 0.389. The Morgan fingerprint density at radius 3 is 2.08 bits per heavy atom. The Bertz CT molecular complexity index is 799. The second kappa shape index (κ2) is 6.96. The Kier molecular flexibility index (Phi) is 5.15. The van der Waals surface area contributed by atoms with Crippen molar-refractivity contribution in [3.05, 3.63) is 36.0 Å². The Morgan fingerprint density at radius 2 is 1.56 bits per heavy atom. The first-order valence-corrected chi connectivity index (χ1v) is 7.68. The molecule has 0 atom stereocenters. The van der Waals surface area contributed by atoms with Crippen LogP contribution in [0.25, 0.3) is 10.9 Å². The van der Waals surface area contributed by atoms with Gasteiger partial charge in [-0.2, -0.15) is 0 Å². The van der Waals surface area contributed by atoms with Gasteiger partial charge >= 0.3 is 18.0 Å². The summed E-state index contributed by atoms with van der Waals surface area (Å²) in [5.74, 6) is -2.82. The van der Waals surface area contributed by atoms with Crippen LogP contribution in [0.5, 0.6) is 0 Å². The third-order valence-electron chi connectivity index (χ3n) is 3.52. The third kappa shape index (κ3) is 3.81. The molecule has 7 nitrogen and oxygen atoms in total. The second-order valence-corrected chi connectivity index (χ2v) is 6.43. The minimum absolute atomic E-state index is 0.320. The van der Waals surface area contributed by atoms with Gasteiger partial charge in [0.05, 0.1) is 19.7 Å². The highest BCUT2D eigenvalue weighted by Crippen LogP contribution is 2.30. The van der Waals surface area contributed by atoms with Gasteiger partial charge in [0, 0.05) is 17.1 Å². The summed E-state index contributed by atoms with van der Waals surface area (Å²) in [5.41, 5.74) is 0.150.